The fourth-order valence-electron chi connectivity index (χ4n) is 2.47. The number of hydrogen-bond acceptors (Lipinski definition) is 4. The van der Waals surface area contributed by atoms with Gasteiger partial charge in [0.1, 0.15) is 10.2 Å². The van der Waals surface area contributed by atoms with Crippen LogP contribution in [0.4, 0.5) is 0 Å². The number of nitrogens with zero attached hydrogens (tertiary/aromatic N) is 3. The van der Waals surface area contributed by atoms with Crippen molar-refractivity contribution in [3.05, 3.63) is 15.1 Å². The number of rotatable bonds is 7. The summed E-state index contributed by atoms with van der Waals surface area (Å²) in [5, 5.41) is 1.34. The molecule has 2 aromatic rings. The number of aromatic nitrogens is 4. The Kier molecular flexibility index (Phi) is 5.86. The number of aryl methyl sites for hydroxylation is 1. The zero-order chi connectivity index (χ0) is 16.3. The summed E-state index contributed by atoms with van der Waals surface area (Å²) >= 11 is 7.06. The molecule has 2 heterocycles. The monoisotopic (exact) mass is 340 g/mol. The van der Waals surface area contributed by atoms with E-state index in [2.05, 4.69) is 23.8 Å². The first kappa shape index (κ1) is 17.3. The van der Waals surface area contributed by atoms with Gasteiger partial charge in [-0.2, -0.15) is 0 Å². The Morgan fingerprint density at radius 3 is 2.68 bits per heavy atom. The smallest absolute Gasteiger partial charge is 0.329 e. The van der Waals surface area contributed by atoms with Gasteiger partial charge in [-0.3, -0.25) is 9.13 Å². The molecule has 0 amide bonds. The van der Waals surface area contributed by atoms with E-state index >= 15 is 0 Å². The van der Waals surface area contributed by atoms with E-state index in [0.29, 0.717) is 15.5 Å². The Morgan fingerprint density at radius 1 is 1.27 bits per heavy atom. The fraction of sp³-hybridized carbons (Fsp3) is 0.667. The largest absolute Gasteiger partial charge is 0.330 e. The van der Waals surface area contributed by atoms with Crippen LogP contribution in [0.5, 0.6) is 0 Å². The third kappa shape index (κ3) is 3.63. The molecule has 0 aliphatic rings. The average molecular weight is 341 g/mol. The van der Waals surface area contributed by atoms with E-state index in [0.717, 1.165) is 10.7 Å². The molecule has 1 atom stereocenters. The summed E-state index contributed by atoms with van der Waals surface area (Å²) < 4.78 is 3.52. The molecule has 5 nitrogen and oxygen atoms in total. The lowest BCUT2D eigenvalue weighted by molar-refractivity contribution is 0.630. The number of unbranched alkanes of at least 4 members (excludes halogenated alkanes) is 3. The van der Waals surface area contributed by atoms with Crippen molar-refractivity contribution >= 4 is 35.1 Å². The summed E-state index contributed by atoms with van der Waals surface area (Å²) in [5.74, 6) is 0. The van der Waals surface area contributed by atoms with Gasteiger partial charge in [-0.1, -0.05) is 63.5 Å². The van der Waals surface area contributed by atoms with Crippen LogP contribution in [-0.4, -0.2) is 24.4 Å². The Hall–Kier alpha value is -1.08. The van der Waals surface area contributed by atoms with Crippen LogP contribution in [0.3, 0.4) is 0 Å². The van der Waals surface area contributed by atoms with Gasteiger partial charge >= 0.3 is 5.69 Å². The topological polar surface area (TPSA) is 55.6 Å². The maximum Gasteiger partial charge on any atom is 0.330 e. The fourth-order valence-corrected chi connectivity index (χ4v) is 3.65. The van der Waals surface area contributed by atoms with Gasteiger partial charge in [-0.25, -0.2) is 9.78 Å². The quantitative estimate of drug-likeness (QED) is 0.473. The number of fused-ring (bicyclic) bond motifs is 1. The van der Waals surface area contributed by atoms with Crippen LogP contribution in [-0.2, 0) is 14.1 Å². The van der Waals surface area contributed by atoms with E-state index in [1.807, 2.05) is 0 Å². The maximum absolute atomic E-state index is 12.0. The number of hydrogen-bond donors (Lipinski definition) is 1. The first-order valence-electron chi connectivity index (χ1n) is 7.78. The highest BCUT2D eigenvalue weighted by molar-refractivity contribution is 7.99. The van der Waals surface area contributed by atoms with Gasteiger partial charge in [0.05, 0.1) is 0 Å². The Labute approximate surface area is 140 Å². The third-order valence-electron chi connectivity index (χ3n) is 3.85. The van der Waals surface area contributed by atoms with Crippen molar-refractivity contribution in [3.63, 3.8) is 0 Å². The number of nitrogens with one attached hydrogen (secondary N) is 1. The normalized spacial score (nSPS) is 12.9. The van der Waals surface area contributed by atoms with Crippen molar-refractivity contribution in [2.45, 2.75) is 56.4 Å². The van der Waals surface area contributed by atoms with E-state index in [1.165, 1.54) is 41.2 Å². The Balaban J connectivity index is 2.17. The predicted octanol–water partition coefficient (Wildman–Crippen LogP) is 3.78. The van der Waals surface area contributed by atoms with Gasteiger partial charge in [-0.05, 0) is 6.42 Å². The third-order valence-corrected chi connectivity index (χ3v) is 5.38. The van der Waals surface area contributed by atoms with Crippen molar-refractivity contribution in [1.29, 1.82) is 0 Å². The molecule has 22 heavy (non-hydrogen) atoms. The first-order valence-corrected chi connectivity index (χ1v) is 9.06. The molecule has 0 bridgehead atoms. The van der Waals surface area contributed by atoms with Crippen LogP contribution in [0.15, 0.2) is 9.95 Å². The zero-order valence-corrected chi connectivity index (χ0v) is 15.3. The highest BCUT2D eigenvalue weighted by atomic mass is 32.2. The van der Waals surface area contributed by atoms with Gasteiger partial charge in [0.2, 0.25) is 0 Å². The molecule has 2 aromatic heterocycles. The minimum atomic E-state index is -0.145. The summed E-state index contributed by atoms with van der Waals surface area (Å²) in [4.78, 5) is 19.9. The van der Waals surface area contributed by atoms with E-state index < -0.39 is 0 Å². The molecule has 7 heteroatoms. The molecule has 122 valence electrons. The second-order valence-corrected chi connectivity index (χ2v) is 7.54. The molecule has 0 radical (unpaired) electrons. The van der Waals surface area contributed by atoms with Crippen molar-refractivity contribution in [3.8, 4) is 0 Å². The van der Waals surface area contributed by atoms with Crippen LogP contribution in [0.1, 0.15) is 46.0 Å². The molecule has 0 aliphatic carbocycles. The van der Waals surface area contributed by atoms with E-state index in [1.54, 1.807) is 25.9 Å². The first-order chi connectivity index (χ1) is 10.5. The molecule has 0 fully saturated rings. The zero-order valence-electron chi connectivity index (χ0n) is 13.7. The standard InChI is InChI=1S/C15H24N4OS2/c1-5-6-7-8-9-10(2)22-14-16-11-12(17-14)18(3)15(20)19(4)13(11)21/h10H,5-9H2,1-4H3,(H,16,17)/t10-/m1/s1. The van der Waals surface area contributed by atoms with Gasteiger partial charge in [0.15, 0.2) is 10.8 Å². The lowest BCUT2D eigenvalue weighted by Crippen LogP contribution is -2.27. The Morgan fingerprint density at radius 2 is 2.00 bits per heavy atom. The van der Waals surface area contributed by atoms with Crippen molar-refractivity contribution in [2.24, 2.45) is 14.1 Å². The molecule has 0 saturated heterocycles. The summed E-state index contributed by atoms with van der Waals surface area (Å²) in [6.45, 7) is 4.45. The second kappa shape index (κ2) is 7.46. The van der Waals surface area contributed by atoms with E-state index in [4.69, 9.17) is 12.2 Å². The molecule has 0 spiro atoms. The average Bonchev–Trinajstić information content (AvgIpc) is 2.91. The molecule has 1 N–H and O–H groups in total. The molecule has 2 rings (SSSR count). The molecule has 0 unspecified atom stereocenters. The molecular weight excluding hydrogens is 316 g/mol. The molecular formula is C15H24N4OS2. The summed E-state index contributed by atoms with van der Waals surface area (Å²) in [7, 11) is 3.41. The molecule has 0 aromatic carbocycles. The summed E-state index contributed by atoms with van der Waals surface area (Å²) in [5.41, 5.74) is 1.25. The second-order valence-electron chi connectivity index (χ2n) is 5.72. The summed E-state index contributed by atoms with van der Waals surface area (Å²) in [6.07, 6.45) is 6.29. The lowest BCUT2D eigenvalue weighted by atomic mass is 10.1. The Bertz CT molecular complexity index is 759. The lowest BCUT2D eigenvalue weighted by Gasteiger charge is -2.08. The van der Waals surface area contributed by atoms with Gasteiger partial charge in [0.25, 0.3) is 0 Å². The van der Waals surface area contributed by atoms with Crippen molar-refractivity contribution in [2.75, 3.05) is 0 Å². The number of imidazole rings is 1. The number of H-pyrrole nitrogens is 1. The number of aromatic amines is 1. The van der Waals surface area contributed by atoms with E-state index in [9.17, 15) is 4.79 Å². The van der Waals surface area contributed by atoms with Crippen molar-refractivity contribution < 1.29 is 0 Å². The van der Waals surface area contributed by atoms with Gasteiger partial charge in [0, 0.05) is 19.3 Å². The summed E-state index contributed by atoms with van der Waals surface area (Å²) in [6, 6.07) is 0. The van der Waals surface area contributed by atoms with Gasteiger partial charge in [-0.15, -0.1) is 0 Å². The minimum absolute atomic E-state index is 0.145. The SMILES string of the molecule is CCCCCC[C@@H](C)Sc1nc2c([nH]1)c(=S)n(C)c(=O)n2C. The maximum atomic E-state index is 12.0. The molecule has 0 saturated carbocycles. The van der Waals surface area contributed by atoms with Crippen LogP contribution < -0.4 is 5.69 Å². The highest BCUT2D eigenvalue weighted by Crippen LogP contribution is 2.26. The van der Waals surface area contributed by atoms with Gasteiger partial charge < -0.3 is 4.98 Å². The number of thioether (sulfide) groups is 1. The van der Waals surface area contributed by atoms with Crippen LogP contribution in [0.2, 0.25) is 0 Å². The van der Waals surface area contributed by atoms with E-state index in [-0.39, 0.29) is 5.69 Å². The van der Waals surface area contributed by atoms with Crippen LogP contribution in [0, 0.1) is 4.64 Å². The van der Waals surface area contributed by atoms with Crippen LogP contribution in [0.25, 0.3) is 11.2 Å². The molecule has 0 aliphatic heterocycles. The predicted molar refractivity (Wildman–Crippen MR) is 95.2 cm³/mol. The minimum Gasteiger partial charge on any atom is -0.329 e. The van der Waals surface area contributed by atoms with Crippen molar-refractivity contribution in [1.82, 2.24) is 19.1 Å². The van der Waals surface area contributed by atoms with Crippen LogP contribution >= 0.6 is 24.0 Å². The highest BCUT2D eigenvalue weighted by Gasteiger charge is 2.13.